The van der Waals surface area contributed by atoms with Crippen LogP contribution in [0.2, 0.25) is 0 Å². The minimum absolute atomic E-state index is 0.344. The van der Waals surface area contributed by atoms with Gasteiger partial charge in [0.05, 0.1) is 6.07 Å². The Labute approximate surface area is 110 Å². The molecule has 1 unspecified atom stereocenters. The molecular formula is C12H23N3O2S. The Morgan fingerprint density at radius 2 is 2.00 bits per heavy atom. The van der Waals surface area contributed by atoms with Gasteiger partial charge in [0.25, 0.3) is 0 Å². The molecule has 104 valence electrons. The lowest BCUT2D eigenvalue weighted by Crippen LogP contribution is -2.41. The van der Waals surface area contributed by atoms with Gasteiger partial charge in [0.2, 0.25) is 10.0 Å². The van der Waals surface area contributed by atoms with E-state index in [9.17, 15) is 8.42 Å². The molecule has 0 aromatic heterocycles. The van der Waals surface area contributed by atoms with Gasteiger partial charge in [-0.3, -0.25) is 0 Å². The van der Waals surface area contributed by atoms with Gasteiger partial charge in [0, 0.05) is 13.6 Å². The monoisotopic (exact) mass is 273 g/mol. The zero-order valence-corrected chi connectivity index (χ0v) is 12.3. The van der Waals surface area contributed by atoms with Gasteiger partial charge in [0.1, 0.15) is 0 Å². The van der Waals surface area contributed by atoms with Crippen LogP contribution >= 0.6 is 0 Å². The van der Waals surface area contributed by atoms with Crippen LogP contribution in [0.1, 0.15) is 26.2 Å². The molecule has 6 heteroatoms. The quantitative estimate of drug-likeness (QED) is 0.746. The highest BCUT2D eigenvalue weighted by Crippen LogP contribution is 2.19. The van der Waals surface area contributed by atoms with Crippen molar-refractivity contribution in [3.05, 3.63) is 0 Å². The van der Waals surface area contributed by atoms with E-state index in [4.69, 9.17) is 5.26 Å². The van der Waals surface area contributed by atoms with Gasteiger partial charge in [-0.15, -0.1) is 0 Å². The lowest BCUT2D eigenvalue weighted by Gasteiger charge is -2.31. The smallest absolute Gasteiger partial charge is 0.230 e. The third-order valence-electron chi connectivity index (χ3n) is 3.66. The molecule has 0 amide bonds. The Hall–Kier alpha value is -0.640. The normalized spacial score (nSPS) is 20.8. The third kappa shape index (κ3) is 3.67. The van der Waals surface area contributed by atoms with E-state index in [-0.39, 0.29) is 0 Å². The van der Waals surface area contributed by atoms with Gasteiger partial charge in [-0.05, 0) is 45.3 Å². The van der Waals surface area contributed by atoms with Crippen LogP contribution in [0.3, 0.4) is 0 Å². The first-order valence-electron chi connectivity index (χ1n) is 6.45. The SMILES string of the molecule is CCC(C#N)S(=O)(=O)N(C)CC1CCN(C)CC1. The average Bonchev–Trinajstić information content (AvgIpc) is 2.33. The fourth-order valence-corrected chi connectivity index (χ4v) is 3.71. The van der Waals surface area contributed by atoms with Gasteiger partial charge in [0.15, 0.2) is 5.25 Å². The van der Waals surface area contributed by atoms with Crippen molar-refractivity contribution in [3.8, 4) is 6.07 Å². The van der Waals surface area contributed by atoms with Crippen LogP contribution in [0.15, 0.2) is 0 Å². The maximum atomic E-state index is 12.1. The molecule has 0 radical (unpaired) electrons. The second kappa shape index (κ2) is 6.50. The first-order valence-corrected chi connectivity index (χ1v) is 7.95. The minimum atomic E-state index is -3.46. The van der Waals surface area contributed by atoms with Crippen LogP contribution in [0.5, 0.6) is 0 Å². The number of piperidine rings is 1. The maximum absolute atomic E-state index is 12.1. The maximum Gasteiger partial charge on any atom is 0.230 e. The van der Waals surface area contributed by atoms with Crippen LogP contribution in [-0.2, 0) is 10.0 Å². The Morgan fingerprint density at radius 3 is 2.44 bits per heavy atom. The Morgan fingerprint density at radius 1 is 1.44 bits per heavy atom. The summed E-state index contributed by atoms with van der Waals surface area (Å²) in [6.45, 7) is 4.31. The van der Waals surface area contributed by atoms with Crippen molar-refractivity contribution in [1.82, 2.24) is 9.21 Å². The highest BCUT2D eigenvalue weighted by molar-refractivity contribution is 7.89. The number of likely N-dealkylation sites (tertiary alicyclic amines) is 1. The Balaban J connectivity index is 2.60. The number of hydrogen-bond acceptors (Lipinski definition) is 4. The zero-order valence-electron chi connectivity index (χ0n) is 11.5. The highest BCUT2D eigenvalue weighted by atomic mass is 32.2. The van der Waals surface area contributed by atoms with Gasteiger partial charge in [-0.25, -0.2) is 12.7 Å². The van der Waals surface area contributed by atoms with Gasteiger partial charge in [-0.1, -0.05) is 6.92 Å². The molecule has 1 heterocycles. The van der Waals surface area contributed by atoms with Gasteiger partial charge in [-0.2, -0.15) is 5.26 Å². The fourth-order valence-electron chi connectivity index (χ4n) is 2.30. The fraction of sp³-hybridized carbons (Fsp3) is 0.917. The van der Waals surface area contributed by atoms with E-state index in [1.807, 2.05) is 6.07 Å². The molecule has 1 fully saturated rings. The summed E-state index contributed by atoms with van der Waals surface area (Å²) >= 11 is 0. The van der Waals surface area contributed by atoms with E-state index in [2.05, 4.69) is 11.9 Å². The molecule has 0 spiro atoms. The van der Waals surface area contributed by atoms with E-state index in [0.717, 1.165) is 25.9 Å². The van der Waals surface area contributed by atoms with E-state index in [1.165, 1.54) is 4.31 Å². The number of nitriles is 1. The Bertz CT molecular complexity index is 394. The molecule has 0 N–H and O–H groups in total. The topological polar surface area (TPSA) is 64.4 Å². The lowest BCUT2D eigenvalue weighted by atomic mass is 9.97. The second-order valence-electron chi connectivity index (χ2n) is 5.10. The van der Waals surface area contributed by atoms with Crippen molar-refractivity contribution >= 4 is 10.0 Å². The van der Waals surface area contributed by atoms with Crippen molar-refractivity contribution in [1.29, 1.82) is 5.26 Å². The van der Waals surface area contributed by atoms with Crippen molar-refractivity contribution in [2.24, 2.45) is 5.92 Å². The second-order valence-corrected chi connectivity index (χ2v) is 7.32. The molecule has 0 saturated carbocycles. The lowest BCUT2D eigenvalue weighted by molar-refractivity contribution is 0.202. The highest BCUT2D eigenvalue weighted by Gasteiger charge is 2.30. The van der Waals surface area contributed by atoms with Crippen LogP contribution in [0.4, 0.5) is 0 Å². The molecule has 0 aromatic rings. The number of rotatable bonds is 5. The zero-order chi connectivity index (χ0) is 13.8. The van der Waals surface area contributed by atoms with E-state index >= 15 is 0 Å². The van der Waals surface area contributed by atoms with E-state index in [1.54, 1.807) is 14.0 Å². The number of sulfonamides is 1. The predicted molar refractivity (Wildman–Crippen MR) is 71.5 cm³/mol. The summed E-state index contributed by atoms with van der Waals surface area (Å²) in [5, 5.41) is 7.98. The third-order valence-corrected chi connectivity index (χ3v) is 5.84. The summed E-state index contributed by atoms with van der Waals surface area (Å²) in [7, 11) is 0.218. The largest absolute Gasteiger partial charge is 0.306 e. The van der Waals surface area contributed by atoms with E-state index in [0.29, 0.717) is 18.9 Å². The van der Waals surface area contributed by atoms with Crippen molar-refractivity contribution < 1.29 is 8.42 Å². The average molecular weight is 273 g/mol. The minimum Gasteiger partial charge on any atom is -0.306 e. The van der Waals surface area contributed by atoms with Crippen molar-refractivity contribution in [2.75, 3.05) is 33.7 Å². The van der Waals surface area contributed by atoms with Crippen LogP contribution in [-0.4, -0.2) is 56.6 Å². The van der Waals surface area contributed by atoms with Gasteiger partial charge < -0.3 is 4.90 Å². The van der Waals surface area contributed by atoms with Crippen LogP contribution in [0.25, 0.3) is 0 Å². The summed E-state index contributed by atoms with van der Waals surface area (Å²) in [6, 6.07) is 1.88. The van der Waals surface area contributed by atoms with Crippen molar-refractivity contribution in [2.45, 2.75) is 31.4 Å². The van der Waals surface area contributed by atoms with Crippen LogP contribution in [0, 0.1) is 17.2 Å². The summed E-state index contributed by atoms with van der Waals surface area (Å²) in [5.74, 6) is 0.414. The number of hydrogen-bond donors (Lipinski definition) is 0. The summed E-state index contributed by atoms with van der Waals surface area (Å²) in [6.07, 6.45) is 2.40. The molecule has 1 atom stereocenters. The molecule has 1 rings (SSSR count). The summed E-state index contributed by atoms with van der Waals surface area (Å²) in [4.78, 5) is 2.26. The molecule has 0 aliphatic carbocycles. The molecule has 18 heavy (non-hydrogen) atoms. The molecule has 1 saturated heterocycles. The summed E-state index contributed by atoms with van der Waals surface area (Å²) in [5.41, 5.74) is 0. The molecular weight excluding hydrogens is 250 g/mol. The summed E-state index contributed by atoms with van der Waals surface area (Å²) < 4.78 is 25.6. The first kappa shape index (κ1) is 15.4. The molecule has 1 aliphatic heterocycles. The van der Waals surface area contributed by atoms with Crippen LogP contribution < -0.4 is 0 Å². The Kier molecular flexibility index (Phi) is 5.57. The standard InChI is InChI=1S/C12H23N3O2S/c1-4-12(9-13)18(16,17)15(3)10-11-5-7-14(2)8-6-11/h11-12H,4-8,10H2,1-3H3. The molecule has 1 aliphatic rings. The van der Waals surface area contributed by atoms with Crippen molar-refractivity contribution in [3.63, 3.8) is 0 Å². The van der Waals surface area contributed by atoms with Gasteiger partial charge >= 0.3 is 0 Å². The molecule has 0 bridgehead atoms. The first-order chi connectivity index (χ1) is 8.41. The predicted octanol–water partition coefficient (Wildman–Crippen LogP) is 0.892. The van der Waals surface area contributed by atoms with E-state index < -0.39 is 15.3 Å². The molecule has 5 nitrogen and oxygen atoms in total. The number of nitrogens with zero attached hydrogens (tertiary/aromatic N) is 3. The molecule has 0 aromatic carbocycles.